The van der Waals surface area contributed by atoms with Crippen molar-refractivity contribution >= 4 is 22.4 Å². The summed E-state index contributed by atoms with van der Waals surface area (Å²) in [6, 6.07) is 4.16. The SMILES string of the molecule is COCCNC(=O)[C@H]1CCCN(c2nnc(-n3c(C)ccc3C)s2)C1. The average molecular weight is 363 g/mol. The normalized spacial score (nSPS) is 17.7. The molecule has 0 spiro atoms. The summed E-state index contributed by atoms with van der Waals surface area (Å²) in [5.41, 5.74) is 2.29. The Balaban J connectivity index is 1.67. The van der Waals surface area contributed by atoms with Gasteiger partial charge in [0.2, 0.25) is 16.2 Å². The third-order valence-electron chi connectivity index (χ3n) is 4.53. The minimum Gasteiger partial charge on any atom is -0.383 e. The van der Waals surface area contributed by atoms with Crippen molar-refractivity contribution in [2.45, 2.75) is 26.7 Å². The van der Waals surface area contributed by atoms with Crippen molar-refractivity contribution in [2.75, 3.05) is 38.3 Å². The summed E-state index contributed by atoms with van der Waals surface area (Å²) < 4.78 is 7.09. The van der Waals surface area contributed by atoms with E-state index in [9.17, 15) is 4.79 Å². The van der Waals surface area contributed by atoms with E-state index in [1.807, 2.05) is 0 Å². The molecule has 1 aliphatic rings. The predicted molar refractivity (Wildman–Crippen MR) is 98.5 cm³/mol. The number of aromatic nitrogens is 3. The highest BCUT2D eigenvalue weighted by Crippen LogP contribution is 2.29. The number of ether oxygens (including phenoxy) is 1. The van der Waals surface area contributed by atoms with Gasteiger partial charge in [-0.25, -0.2) is 0 Å². The minimum atomic E-state index is -0.00648. The van der Waals surface area contributed by atoms with Crippen LogP contribution in [0.15, 0.2) is 12.1 Å². The predicted octanol–water partition coefficient (Wildman–Crippen LogP) is 1.92. The fourth-order valence-corrected chi connectivity index (χ4v) is 4.18. The Hall–Kier alpha value is -1.93. The molecule has 7 nitrogen and oxygen atoms in total. The number of methoxy groups -OCH3 is 1. The van der Waals surface area contributed by atoms with Crippen molar-refractivity contribution < 1.29 is 9.53 Å². The van der Waals surface area contributed by atoms with E-state index in [1.54, 1.807) is 18.4 Å². The summed E-state index contributed by atoms with van der Waals surface area (Å²) >= 11 is 1.58. The lowest BCUT2D eigenvalue weighted by atomic mass is 9.97. The first-order valence-electron chi connectivity index (χ1n) is 8.60. The van der Waals surface area contributed by atoms with Crippen LogP contribution in [0.4, 0.5) is 5.13 Å². The monoisotopic (exact) mass is 363 g/mol. The third-order valence-corrected chi connectivity index (χ3v) is 5.50. The van der Waals surface area contributed by atoms with E-state index < -0.39 is 0 Å². The summed E-state index contributed by atoms with van der Waals surface area (Å²) in [7, 11) is 1.63. The van der Waals surface area contributed by atoms with Gasteiger partial charge in [-0.05, 0) is 38.8 Å². The highest BCUT2D eigenvalue weighted by molar-refractivity contribution is 7.17. The number of piperidine rings is 1. The van der Waals surface area contributed by atoms with Crippen LogP contribution in [0.1, 0.15) is 24.2 Å². The summed E-state index contributed by atoms with van der Waals surface area (Å²) in [6.07, 6.45) is 1.90. The lowest BCUT2D eigenvalue weighted by Gasteiger charge is -2.31. The van der Waals surface area contributed by atoms with E-state index in [-0.39, 0.29) is 11.8 Å². The van der Waals surface area contributed by atoms with Crippen LogP contribution in [0.5, 0.6) is 0 Å². The Morgan fingerprint density at radius 3 is 2.76 bits per heavy atom. The Morgan fingerprint density at radius 1 is 1.32 bits per heavy atom. The quantitative estimate of drug-likeness (QED) is 0.794. The molecule has 0 aromatic carbocycles. The molecule has 0 saturated carbocycles. The third kappa shape index (κ3) is 4.01. The van der Waals surface area contributed by atoms with Gasteiger partial charge in [0.1, 0.15) is 0 Å². The van der Waals surface area contributed by atoms with Crippen molar-refractivity contribution in [1.82, 2.24) is 20.1 Å². The number of nitrogens with one attached hydrogen (secondary N) is 1. The van der Waals surface area contributed by atoms with Crippen LogP contribution < -0.4 is 10.2 Å². The number of anilines is 1. The van der Waals surface area contributed by atoms with Gasteiger partial charge in [-0.15, -0.1) is 10.2 Å². The second kappa shape index (κ2) is 7.97. The largest absolute Gasteiger partial charge is 0.383 e. The molecule has 1 N–H and O–H groups in total. The standard InChI is InChI=1S/C17H25N5O2S/c1-12-6-7-13(2)22(12)17-20-19-16(25-17)21-9-4-5-14(11-21)15(23)18-8-10-24-3/h6-7,14H,4-5,8-11H2,1-3H3,(H,18,23)/t14-/m0/s1. The average Bonchev–Trinajstić information content (AvgIpc) is 3.22. The van der Waals surface area contributed by atoms with Crippen LogP contribution in [0.2, 0.25) is 0 Å². The number of aryl methyl sites for hydroxylation is 2. The van der Waals surface area contributed by atoms with E-state index in [2.05, 4.69) is 51.0 Å². The molecule has 1 aliphatic heterocycles. The Morgan fingerprint density at radius 2 is 2.04 bits per heavy atom. The van der Waals surface area contributed by atoms with Crippen molar-refractivity contribution in [3.8, 4) is 5.13 Å². The van der Waals surface area contributed by atoms with Gasteiger partial charge in [0.25, 0.3) is 0 Å². The zero-order valence-corrected chi connectivity index (χ0v) is 15.8. The topological polar surface area (TPSA) is 72.3 Å². The van der Waals surface area contributed by atoms with Crippen LogP contribution in [0.25, 0.3) is 5.13 Å². The fraction of sp³-hybridized carbons (Fsp3) is 0.588. The minimum absolute atomic E-state index is 0.00648. The van der Waals surface area contributed by atoms with Crippen LogP contribution in [-0.4, -0.2) is 54.0 Å². The summed E-state index contributed by atoms with van der Waals surface area (Å²) in [6.45, 7) is 6.83. The molecule has 1 atom stereocenters. The molecule has 3 heterocycles. The summed E-state index contributed by atoms with van der Waals surface area (Å²) in [4.78, 5) is 14.5. The van der Waals surface area contributed by atoms with Crippen molar-refractivity contribution in [3.63, 3.8) is 0 Å². The van der Waals surface area contributed by atoms with Crippen molar-refractivity contribution in [2.24, 2.45) is 5.92 Å². The van der Waals surface area contributed by atoms with Gasteiger partial charge in [0.05, 0.1) is 12.5 Å². The highest BCUT2D eigenvalue weighted by Gasteiger charge is 2.27. The summed E-state index contributed by atoms with van der Waals surface area (Å²) in [5, 5.41) is 13.4. The first-order chi connectivity index (χ1) is 12.1. The second-order valence-electron chi connectivity index (χ2n) is 6.39. The maximum atomic E-state index is 12.3. The van der Waals surface area contributed by atoms with Crippen LogP contribution in [-0.2, 0) is 9.53 Å². The fourth-order valence-electron chi connectivity index (χ4n) is 3.18. The first kappa shape index (κ1) is 17.9. The maximum Gasteiger partial charge on any atom is 0.224 e. The molecule has 25 heavy (non-hydrogen) atoms. The molecule has 0 unspecified atom stereocenters. The second-order valence-corrected chi connectivity index (χ2v) is 7.32. The zero-order valence-electron chi connectivity index (χ0n) is 15.0. The van der Waals surface area contributed by atoms with E-state index in [1.165, 1.54) is 0 Å². The Bertz CT molecular complexity index is 707. The molecule has 2 aromatic heterocycles. The molecule has 3 rings (SSSR count). The van der Waals surface area contributed by atoms with Crippen LogP contribution in [0, 0.1) is 19.8 Å². The molecule has 0 radical (unpaired) electrons. The van der Waals surface area contributed by atoms with Gasteiger partial charge in [-0.3, -0.25) is 9.36 Å². The van der Waals surface area contributed by atoms with E-state index >= 15 is 0 Å². The van der Waals surface area contributed by atoms with Crippen molar-refractivity contribution in [3.05, 3.63) is 23.5 Å². The number of rotatable bonds is 6. The van der Waals surface area contributed by atoms with Crippen LogP contribution in [0.3, 0.4) is 0 Å². The van der Waals surface area contributed by atoms with Crippen LogP contribution >= 0.6 is 11.3 Å². The number of carbonyl (C=O) groups excluding carboxylic acids is 1. The Kier molecular flexibility index (Phi) is 5.70. The molecule has 0 aliphatic carbocycles. The number of nitrogens with zero attached hydrogens (tertiary/aromatic N) is 4. The molecule has 0 bridgehead atoms. The number of amides is 1. The van der Waals surface area contributed by atoms with Gasteiger partial charge in [0, 0.05) is 38.1 Å². The van der Waals surface area contributed by atoms with E-state index in [0.29, 0.717) is 19.7 Å². The number of hydrogen-bond acceptors (Lipinski definition) is 6. The molecule has 1 amide bonds. The lowest BCUT2D eigenvalue weighted by Crippen LogP contribution is -2.43. The lowest BCUT2D eigenvalue weighted by molar-refractivity contribution is -0.125. The van der Waals surface area contributed by atoms with E-state index in [0.717, 1.165) is 41.0 Å². The van der Waals surface area contributed by atoms with Gasteiger partial charge >= 0.3 is 0 Å². The van der Waals surface area contributed by atoms with Gasteiger partial charge < -0.3 is 15.0 Å². The first-order valence-corrected chi connectivity index (χ1v) is 9.42. The molecule has 136 valence electrons. The zero-order chi connectivity index (χ0) is 17.8. The number of carbonyl (C=O) groups is 1. The summed E-state index contributed by atoms with van der Waals surface area (Å²) in [5.74, 6) is 0.0941. The number of hydrogen-bond donors (Lipinski definition) is 1. The molecule has 1 fully saturated rings. The van der Waals surface area contributed by atoms with Gasteiger partial charge in [-0.1, -0.05) is 11.3 Å². The molecule has 2 aromatic rings. The van der Waals surface area contributed by atoms with Gasteiger partial charge in [0.15, 0.2) is 0 Å². The molecule has 8 heteroatoms. The smallest absolute Gasteiger partial charge is 0.224 e. The maximum absolute atomic E-state index is 12.3. The molecular formula is C17H25N5O2S. The highest BCUT2D eigenvalue weighted by atomic mass is 32.1. The molecule has 1 saturated heterocycles. The van der Waals surface area contributed by atoms with Crippen molar-refractivity contribution in [1.29, 1.82) is 0 Å². The van der Waals surface area contributed by atoms with Gasteiger partial charge in [-0.2, -0.15) is 0 Å². The molecular weight excluding hydrogens is 338 g/mol. The Labute approximate surface area is 152 Å². The van der Waals surface area contributed by atoms with E-state index in [4.69, 9.17) is 4.74 Å².